The molecule has 0 saturated carbocycles. The summed E-state index contributed by atoms with van der Waals surface area (Å²) in [7, 11) is -2.24. The van der Waals surface area contributed by atoms with E-state index in [4.69, 9.17) is 9.10 Å². The van der Waals surface area contributed by atoms with Crippen molar-refractivity contribution in [1.82, 2.24) is 14.1 Å². The number of rotatable bonds is 5. The second kappa shape index (κ2) is 10.4. The largest absolute Gasteiger partial charge is 0.294 e. The van der Waals surface area contributed by atoms with Crippen LogP contribution in [0.25, 0.3) is 55.5 Å². The highest BCUT2D eigenvalue weighted by Crippen LogP contribution is 2.33. The van der Waals surface area contributed by atoms with Crippen LogP contribution in [-0.4, -0.2) is 22.2 Å². The number of pyridine rings is 1. The number of nitrogens with zero attached hydrogens (tertiary/aromatic N) is 4. The van der Waals surface area contributed by atoms with Gasteiger partial charge in [-0.3, -0.25) is 4.57 Å². The predicted octanol–water partition coefficient (Wildman–Crippen LogP) is 7.75. The molecule has 0 N–H and O–H groups in total. The van der Waals surface area contributed by atoms with E-state index in [2.05, 4.69) is 128 Å². The Morgan fingerprint density at radius 3 is 2.31 bits per heavy atom. The SMILES string of the molecule is [2H]C([2H])([2H])[n+]1cn(-c2cccc([Si](C)(C)c3ccc4c5ccccc5n(-c5cc(-c6ccccc6C)ccn5)c4c3)c2)c2ccccc21. The molecule has 218 valence electrons. The first-order chi connectivity index (χ1) is 23.1. The van der Waals surface area contributed by atoms with Gasteiger partial charge in [-0.05, 0) is 72.1 Å². The van der Waals surface area contributed by atoms with Gasteiger partial charge in [0.15, 0.2) is 11.0 Å². The molecular weight excluding hydrogens is 565 g/mol. The molecule has 3 aromatic heterocycles. The van der Waals surface area contributed by atoms with Gasteiger partial charge in [0.25, 0.3) is 0 Å². The lowest BCUT2D eigenvalue weighted by atomic mass is 10.0. The van der Waals surface area contributed by atoms with E-state index in [-0.39, 0.29) is 0 Å². The molecule has 4 nitrogen and oxygen atoms in total. The minimum absolute atomic E-state index is 0.679. The number of hydrogen-bond donors (Lipinski definition) is 0. The molecule has 0 amide bonds. The van der Waals surface area contributed by atoms with Crippen LogP contribution in [0.5, 0.6) is 0 Å². The van der Waals surface area contributed by atoms with Crippen molar-refractivity contribution in [2.24, 2.45) is 6.98 Å². The molecule has 0 aliphatic carbocycles. The fraction of sp³-hybridized carbons (Fsp3) is 0.100. The van der Waals surface area contributed by atoms with Gasteiger partial charge < -0.3 is 0 Å². The molecule has 0 aliphatic rings. The van der Waals surface area contributed by atoms with Crippen molar-refractivity contribution in [1.29, 1.82) is 0 Å². The van der Waals surface area contributed by atoms with E-state index in [1.54, 1.807) is 6.33 Å². The van der Waals surface area contributed by atoms with Gasteiger partial charge in [0, 0.05) is 17.0 Å². The minimum atomic E-state index is -2.28. The molecule has 0 saturated heterocycles. The summed E-state index contributed by atoms with van der Waals surface area (Å²) in [6, 6.07) is 44.5. The van der Waals surface area contributed by atoms with Gasteiger partial charge in [-0.15, -0.1) is 0 Å². The normalized spacial score (nSPS) is 13.3. The molecule has 8 aromatic rings. The van der Waals surface area contributed by atoms with Crippen molar-refractivity contribution in [3.05, 3.63) is 145 Å². The third kappa shape index (κ3) is 4.42. The van der Waals surface area contributed by atoms with Crippen LogP contribution in [0.2, 0.25) is 13.1 Å². The lowest BCUT2D eigenvalue weighted by Gasteiger charge is -2.24. The summed E-state index contributed by atoms with van der Waals surface area (Å²) in [5, 5.41) is 4.97. The van der Waals surface area contributed by atoms with Crippen LogP contribution in [0.3, 0.4) is 0 Å². The highest BCUT2D eigenvalue weighted by molar-refractivity contribution is 7.00. The summed E-state index contributed by atoms with van der Waals surface area (Å²) >= 11 is 0. The Kier molecular flexibility index (Phi) is 5.58. The van der Waals surface area contributed by atoms with Gasteiger partial charge in [-0.25, -0.2) is 9.55 Å². The first-order valence-electron chi connectivity index (χ1n) is 16.8. The lowest BCUT2D eigenvalue weighted by molar-refractivity contribution is -0.645. The van der Waals surface area contributed by atoms with Crippen molar-refractivity contribution in [3.63, 3.8) is 0 Å². The number of fused-ring (bicyclic) bond motifs is 4. The van der Waals surface area contributed by atoms with Crippen LogP contribution in [0.1, 0.15) is 9.68 Å². The number of hydrogen-bond acceptors (Lipinski definition) is 1. The van der Waals surface area contributed by atoms with Gasteiger partial charge in [0.05, 0.1) is 22.1 Å². The van der Waals surface area contributed by atoms with Gasteiger partial charge >= 0.3 is 0 Å². The topological polar surface area (TPSA) is 26.6 Å². The first-order valence-corrected chi connectivity index (χ1v) is 18.3. The fourth-order valence-corrected chi connectivity index (χ4v) is 9.09. The van der Waals surface area contributed by atoms with E-state index in [1.165, 1.54) is 36.8 Å². The second-order valence-electron chi connectivity index (χ2n) is 12.3. The molecule has 3 heterocycles. The molecule has 0 fully saturated rings. The van der Waals surface area contributed by atoms with Crippen molar-refractivity contribution in [3.8, 4) is 22.6 Å². The number of aromatic nitrogens is 4. The summed E-state index contributed by atoms with van der Waals surface area (Å²) in [6.45, 7) is 4.63. The molecule has 0 spiro atoms. The van der Waals surface area contributed by atoms with Crippen molar-refractivity contribution < 1.29 is 8.68 Å². The summed E-state index contributed by atoms with van der Waals surface area (Å²) in [5.41, 5.74) is 8.32. The van der Waals surface area contributed by atoms with Gasteiger partial charge in [0.2, 0.25) is 6.33 Å². The number of aryl methyl sites for hydroxylation is 2. The smallest absolute Gasteiger partial charge is 0.249 e. The quantitative estimate of drug-likeness (QED) is 0.146. The first kappa shape index (κ1) is 24.1. The zero-order chi connectivity index (χ0) is 33.2. The van der Waals surface area contributed by atoms with Gasteiger partial charge in [-0.2, -0.15) is 4.57 Å². The molecule has 0 aliphatic heterocycles. The molecule has 0 atom stereocenters. The van der Waals surface area contributed by atoms with E-state index in [0.29, 0.717) is 5.52 Å². The highest BCUT2D eigenvalue weighted by Gasteiger charge is 2.28. The van der Waals surface area contributed by atoms with Crippen molar-refractivity contribution >= 4 is 51.3 Å². The van der Waals surface area contributed by atoms with Crippen molar-refractivity contribution in [2.75, 3.05) is 0 Å². The summed E-state index contributed by atoms with van der Waals surface area (Å²) in [4.78, 5) is 4.91. The van der Waals surface area contributed by atoms with Gasteiger partial charge in [0.1, 0.15) is 19.6 Å². The molecular formula is C40H35N4Si+. The Hall–Kier alpha value is -5.26. The van der Waals surface area contributed by atoms with Crippen molar-refractivity contribution in [2.45, 2.75) is 20.0 Å². The van der Waals surface area contributed by atoms with Crippen LogP contribution in [0, 0.1) is 6.92 Å². The van der Waals surface area contributed by atoms with E-state index >= 15 is 0 Å². The Balaban J connectivity index is 1.27. The Bertz CT molecular complexity index is 2510. The van der Waals surface area contributed by atoms with Crippen LogP contribution in [0.4, 0.5) is 0 Å². The van der Waals surface area contributed by atoms with Crippen LogP contribution in [0.15, 0.2) is 140 Å². The molecule has 5 heteroatoms. The van der Waals surface area contributed by atoms with E-state index in [1.807, 2.05) is 35.0 Å². The lowest BCUT2D eigenvalue weighted by Crippen LogP contribution is -2.52. The molecule has 45 heavy (non-hydrogen) atoms. The molecule has 0 radical (unpaired) electrons. The average Bonchev–Trinajstić information content (AvgIpc) is 3.65. The molecule has 0 bridgehead atoms. The highest BCUT2D eigenvalue weighted by atomic mass is 28.3. The second-order valence-corrected chi connectivity index (χ2v) is 16.7. The van der Waals surface area contributed by atoms with Crippen LogP contribution in [-0.2, 0) is 6.98 Å². The molecule has 0 unspecified atom stereocenters. The maximum atomic E-state index is 8.12. The average molecular weight is 603 g/mol. The Morgan fingerprint density at radius 2 is 1.44 bits per heavy atom. The Labute approximate surface area is 268 Å². The number of benzene rings is 5. The maximum Gasteiger partial charge on any atom is 0.249 e. The van der Waals surface area contributed by atoms with Crippen LogP contribution >= 0.6 is 0 Å². The monoisotopic (exact) mass is 602 g/mol. The summed E-state index contributed by atoms with van der Waals surface area (Å²) in [6.07, 6.45) is 3.61. The van der Waals surface area contributed by atoms with E-state index in [0.717, 1.165) is 33.6 Å². The Morgan fingerprint density at radius 1 is 0.689 bits per heavy atom. The number of para-hydroxylation sites is 3. The third-order valence-corrected chi connectivity index (χ3v) is 12.8. The number of imidazole rings is 1. The zero-order valence-electron chi connectivity index (χ0n) is 28.6. The van der Waals surface area contributed by atoms with E-state index < -0.39 is 15.0 Å². The van der Waals surface area contributed by atoms with Crippen LogP contribution < -0.4 is 14.9 Å². The standard InChI is InChI=1S/C40H35N4Si/c1-28-12-5-6-15-33(28)29-22-23-41-40(24-29)44-36-17-8-7-16-34(36)35-21-20-32(26-39(35)44)45(3,4)31-14-11-13-30(25-31)43-27-42(2)37-18-9-10-19-38(37)43/h5-27H,1-4H3/q+1/i2D3. The maximum absolute atomic E-state index is 8.12. The third-order valence-electron chi connectivity index (χ3n) is 9.30. The zero-order valence-corrected chi connectivity index (χ0v) is 26.6. The predicted molar refractivity (Wildman–Crippen MR) is 190 cm³/mol. The molecule has 8 rings (SSSR count). The fourth-order valence-electron chi connectivity index (χ4n) is 6.74. The molecule has 5 aromatic carbocycles. The summed E-state index contributed by atoms with van der Waals surface area (Å²) < 4.78 is 30.0. The van der Waals surface area contributed by atoms with Gasteiger partial charge in [-0.1, -0.05) is 102 Å². The minimum Gasteiger partial charge on any atom is -0.294 e. The summed E-state index contributed by atoms with van der Waals surface area (Å²) in [5.74, 6) is 0.891. The van der Waals surface area contributed by atoms with E-state index in [9.17, 15) is 0 Å².